The maximum atomic E-state index is 12.1. The minimum absolute atomic E-state index is 0.0328. The van der Waals surface area contributed by atoms with Crippen LogP contribution >= 0.6 is 23.1 Å². The van der Waals surface area contributed by atoms with Gasteiger partial charge in [-0.3, -0.25) is 9.59 Å². The zero-order valence-electron chi connectivity index (χ0n) is 11.7. The molecule has 1 N–H and O–H groups in total. The Bertz CT molecular complexity index is 611. The largest absolute Gasteiger partial charge is 0.356 e. The predicted molar refractivity (Wildman–Crippen MR) is 86.0 cm³/mol. The molecule has 0 atom stereocenters. The molecule has 2 aromatic heterocycles. The van der Waals surface area contributed by atoms with Crippen LogP contribution in [0.4, 0.5) is 0 Å². The van der Waals surface area contributed by atoms with Crippen LogP contribution in [-0.4, -0.2) is 29.0 Å². The van der Waals surface area contributed by atoms with E-state index in [4.69, 9.17) is 0 Å². The summed E-state index contributed by atoms with van der Waals surface area (Å²) in [6.07, 6.45) is 2.48. The highest BCUT2D eigenvalue weighted by Crippen LogP contribution is 2.21. The van der Waals surface area contributed by atoms with E-state index in [9.17, 15) is 9.59 Å². The first-order valence-electron chi connectivity index (χ1n) is 6.55. The van der Waals surface area contributed by atoms with Gasteiger partial charge in [-0.15, -0.1) is 11.3 Å². The van der Waals surface area contributed by atoms with Gasteiger partial charge in [0.15, 0.2) is 5.78 Å². The third-order valence-electron chi connectivity index (χ3n) is 2.67. The van der Waals surface area contributed by atoms with Gasteiger partial charge >= 0.3 is 0 Å². The molecule has 0 unspecified atom stereocenters. The highest BCUT2D eigenvalue weighted by atomic mass is 32.2. The standard InChI is InChI=1S/C15H16N2O2S2/c1-11(18)16-9-7-12-5-6-14(21-12)13(19)10-20-15-4-2-3-8-17-15/h2-6,8H,7,9-10H2,1H3,(H,16,18). The molecule has 0 saturated heterocycles. The van der Waals surface area contributed by atoms with Gasteiger partial charge in [0, 0.05) is 24.5 Å². The minimum Gasteiger partial charge on any atom is -0.356 e. The topological polar surface area (TPSA) is 59.1 Å². The highest BCUT2D eigenvalue weighted by molar-refractivity contribution is 7.99. The van der Waals surface area contributed by atoms with Gasteiger partial charge in [-0.25, -0.2) is 4.98 Å². The van der Waals surface area contributed by atoms with E-state index < -0.39 is 0 Å². The minimum atomic E-state index is -0.0328. The summed E-state index contributed by atoms with van der Waals surface area (Å²) in [5.41, 5.74) is 0. The van der Waals surface area contributed by atoms with Crippen LogP contribution in [0.3, 0.4) is 0 Å². The number of aromatic nitrogens is 1. The summed E-state index contributed by atoms with van der Waals surface area (Å²) in [5, 5.41) is 3.60. The van der Waals surface area contributed by atoms with Crippen molar-refractivity contribution in [2.75, 3.05) is 12.3 Å². The van der Waals surface area contributed by atoms with Crippen molar-refractivity contribution in [2.45, 2.75) is 18.4 Å². The molecule has 0 saturated carbocycles. The Morgan fingerprint density at radius 3 is 2.86 bits per heavy atom. The van der Waals surface area contributed by atoms with Crippen LogP contribution in [-0.2, 0) is 11.2 Å². The molecule has 2 rings (SSSR count). The fourth-order valence-corrected chi connectivity index (χ4v) is 3.45. The number of hydrogen-bond acceptors (Lipinski definition) is 5. The van der Waals surface area contributed by atoms with Crippen molar-refractivity contribution in [3.63, 3.8) is 0 Å². The van der Waals surface area contributed by atoms with Crippen molar-refractivity contribution in [3.05, 3.63) is 46.3 Å². The summed E-state index contributed by atoms with van der Waals surface area (Å²) in [5.74, 6) is 0.471. The van der Waals surface area contributed by atoms with Gasteiger partial charge in [-0.05, 0) is 30.7 Å². The molecule has 0 radical (unpaired) electrons. The van der Waals surface area contributed by atoms with Crippen molar-refractivity contribution in [1.29, 1.82) is 0 Å². The first-order valence-corrected chi connectivity index (χ1v) is 8.35. The van der Waals surface area contributed by atoms with Gasteiger partial charge in [-0.2, -0.15) is 0 Å². The summed E-state index contributed by atoms with van der Waals surface area (Å²) >= 11 is 2.94. The lowest BCUT2D eigenvalue weighted by Gasteiger charge is -1.99. The van der Waals surface area contributed by atoms with E-state index in [0.717, 1.165) is 21.2 Å². The average molecular weight is 320 g/mol. The molecule has 21 heavy (non-hydrogen) atoms. The molecule has 2 aromatic rings. The van der Waals surface area contributed by atoms with Crippen molar-refractivity contribution in [1.82, 2.24) is 10.3 Å². The van der Waals surface area contributed by atoms with Crippen LogP contribution in [0.1, 0.15) is 21.5 Å². The molecule has 6 heteroatoms. The van der Waals surface area contributed by atoms with Gasteiger partial charge in [-0.1, -0.05) is 17.8 Å². The average Bonchev–Trinajstić information content (AvgIpc) is 2.94. The van der Waals surface area contributed by atoms with Crippen molar-refractivity contribution in [2.24, 2.45) is 0 Å². The number of pyridine rings is 1. The van der Waals surface area contributed by atoms with Gasteiger partial charge in [0.2, 0.25) is 5.91 Å². The maximum Gasteiger partial charge on any atom is 0.216 e. The molecule has 0 aliphatic rings. The normalized spacial score (nSPS) is 10.3. The van der Waals surface area contributed by atoms with E-state index in [1.54, 1.807) is 6.20 Å². The Labute approximate surface area is 132 Å². The Morgan fingerprint density at radius 2 is 2.14 bits per heavy atom. The number of rotatable bonds is 7. The Kier molecular flexibility index (Phi) is 5.95. The second kappa shape index (κ2) is 7.95. The molecule has 0 spiro atoms. The van der Waals surface area contributed by atoms with Gasteiger partial charge in [0.1, 0.15) is 0 Å². The van der Waals surface area contributed by atoms with E-state index in [2.05, 4.69) is 10.3 Å². The van der Waals surface area contributed by atoms with Gasteiger partial charge in [0.05, 0.1) is 15.7 Å². The quantitative estimate of drug-likeness (QED) is 0.629. The molecular formula is C15H16N2O2S2. The first-order chi connectivity index (χ1) is 10.1. The zero-order valence-corrected chi connectivity index (χ0v) is 13.3. The van der Waals surface area contributed by atoms with Gasteiger partial charge in [0.25, 0.3) is 0 Å². The Balaban J connectivity index is 1.83. The molecule has 0 bridgehead atoms. The van der Waals surface area contributed by atoms with Crippen molar-refractivity contribution >= 4 is 34.8 Å². The zero-order chi connectivity index (χ0) is 15.1. The van der Waals surface area contributed by atoms with Crippen LogP contribution in [0, 0.1) is 0 Å². The number of thioether (sulfide) groups is 1. The molecule has 0 aliphatic heterocycles. The third kappa shape index (κ3) is 5.32. The second-order valence-corrected chi connectivity index (χ2v) is 6.54. The molecule has 2 heterocycles. The number of carbonyl (C=O) groups excluding carboxylic acids is 2. The molecule has 1 amide bonds. The lowest BCUT2D eigenvalue weighted by atomic mass is 10.3. The SMILES string of the molecule is CC(=O)NCCc1ccc(C(=O)CSc2ccccn2)s1. The number of amides is 1. The van der Waals surface area contributed by atoms with Gasteiger partial charge < -0.3 is 5.32 Å². The van der Waals surface area contributed by atoms with E-state index >= 15 is 0 Å². The fourth-order valence-electron chi connectivity index (χ4n) is 1.67. The number of carbonyl (C=O) groups is 2. The number of Topliss-reactive ketones (excluding diaryl/α,β-unsaturated/α-hetero) is 1. The monoisotopic (exact) mass is 320 g/mol. The first kappa shape index (κ1) is 15.7. The van der Waals surface area contributed by atoms with Crippen molar-refractivity contribution < 1.29 is 9.59 Å². The summed E-state index contributed by atoms with van der Waals surface area (Å²) in [7, 11) is 0. The predicted octanol–water partition coefficient (Wildman–Crippen LogP) is 2.80. The van der Waals surface area contributed by atoms with Crippen LogP contribution in [0.25, 0.3) is 0 Å². The molecule has 0 aromatic carbocycles. The number of nitrogens with one attached hydrogen (secondary N) is 1. The van der Waals surface area contributed by atoms with Crippen LogP contribution in [0.15, 0.2) is 41.6 Å². The third-order valence-corrected chi connectivity index (χ3v) is 4.80. The summed E-state index contributed by atoms with van der Waals surface area (Å²) < 4.78 is 0. The fraction of sp³-hybridized carbons (Fsp3) is 0.267. The van der Waals surface area contributed by atoms with E-state index in [1.165, 1.54) is 30.0 Å². The number of thiophene rings is 1. The Morgan fingerprint density at radius 1 is 1.29 bits per heavy atom. The molecule has 4 nitrogen and oxygen atoms in total. The van der Waals surface area contributed by atoms with Crippen LogP contribution in [0.5, 0.6) is 0 Å². The lowest BCUT2D eigenvalue weighted by molar-refractivity contribution is -0.118. The summed E-state index contributed by atoms with van der Waals surface area (Å²) in [6, 6.07) is 9.46. The van der Waals surface area contributed by atoms with Crippen LogP contribution in [0.2, 0.25) is 0 Å². The van der Waals surface area contributed by atoms with E-state index in [-0.39, 0.29) is 11.7 Å². The number of ketones is 1. The molecule has 110 valence electrons. The van der Waals surface area contributed by atoms with E-state index in [1.807, 2.05) is 30.3 Å². The van der Waals surface area contributed by atoms with E-state index in [0.29, 0.717) is 12.3 Å². The smallest absolute Gasteiger partial charge is 0.216 e. The number of hydrogen-bond donors (Lipinski definition) is 1. The second-order valence-electron chi connectivity index (χ2n) is 4.38. The highest BCUT2D eigenvalue weighted by Gasteiger charge is 2.10. The number of nitrogens with zero attached hydrogens (tertiary/aromatic N) is 1. The van der Waals surface area contributed by atoms with Crippen molar-refractivity contribution in [3.8, 4) is 0 Å². The summed E-state index contributed by atoms with van der Waals surface area (Å²) in [4.78, 5) is 28.9. The van der Waals surface area contributed by atoms with Crippen LogP contribution < -0.4 is 5.32 Å². The maximum absolute atomic E-state index is 12.1. The molecular weight excluding hydrogens is 304 g/mol. The molecule has 0 fully saturated rings. The lowest BCUT2D eigenvalue weighted by Crippen LogP contribution is -2.22. The molecule has 0 aliphatic carbocycles. The Hall–Kier alpha value is -1.66. The summed E-state index contributed by atoms with van der Waals surface area (Å²) in [6.45, 7) is 2.10.